The van der Waals surface area contributed by atoms with Gasteiger partial charge in [-0.1, -0.05) is 19.1 Å². The van der Waals surface area contributed by atoms with E-state index in [2.05, 4.69) is 38.2 Å². The second kappa shape index (κ2) is 7.79. The molecule has 4 nitrogen and oxygen atoms in total. The molecule has 4 heteroatoms. The van der Waals surface area contributed by atoms with E-state index in [9.17, 15) is 4.79 Å². The van der Waals surface area contributed by atoms with E-state index < -0.39 is 0 Å². The molecule has 0 atom stereocenters. The highest BCUT2D eigenvalue weighted by Crippen LogP contribution is 2.17. The Balaban J connectivity index is 2.69. The minimum Gasteiger partial charge on any atom is -0.368 e. The van der Waals surface area contributed by atoms with Gasteiger partial charge in [-0.2, -0.15) is 0 Å². The van der Waals surface area contributed by atoms with E-state index in [4.69, 9.17) is 5.73 Å². The molecule has 1 aromatic rings. The Morgan fingerprint density at radius 3 is 2.42 bits per heavy atom. The van der Waals surface area contributed by atoms with Crippen molar-refractivity contribution in [1.82, 2.24) is 5.32 Å². The molecule has 0 aliphatic heterocycles. The van der Waals surface area contributed by atoms with Crippen molar-refractivity contribution in [2.45, 2.75) is 39.8 Å². The number of hydrogen-bond donors (Lipinski definition) is 2. The molecule has 3 N–H and O–H groups in total. The van der Waals surface area contributed by atoms with Gasteiger partial charge in [0.25, 0.3) is 0 Å². The van der Waals surface area contributed by atoms with Crippen LogP contribution in [0.25, 0.3) is 0 Å². The molecule has 0 saturated carbocycles. The number of benzene rings is 1. The Morgan fingerprint density at radius 2 is 1.95 bits per heavy atom. The molecule has 1 aromatic carbocycles. The zero-order chi connectivity index (χ0) is 14.3. The normalized spacial score (nSPS) is 10.7. The van der Waals surface area contributed by atoms with E-state index >= 15 is 0 Å². The molecule has 106 valence electrons. The molecule has 0 aliphatic carbocycles. The highest BCUT2D eigenvalue weighted by atomic mass is 16.1. The first-order valence-electron chi connectivity index (χ1n) is 6.89. The van der Waals surface area contributed by atoms with E-state index in [1.165, 1.54) is 5.56 Å². The summed E-state index contributed by atoms with van der Waals surface area (Å²) in [6, 6.07) is 8.53. The molecule has 19 heavy (non-hydrogen) atoms. The highest BCUT2D eigenvalue weighted by Gasteiger charge is 2.12. The Morgan fingerprint density at radius 1 is 1.32 bits per heavy atom. The van der Waals surface area contributed by atoms with Crippen molar-refractivity contribution in [1.29, 1.82) is 0 Å². The van der Waals surface area contributed by atoms with E-state index in [1.807, 2.05) is 17.0 Å². The third kappa shape index (κ3) is 5.30. The summed E-state index contributed by atoms with van der Waals surface area (Å²) >= 11 is 0. The summed E-state index contributed by atoms with van der Waals surface area (Å²) < 4.78 is 0. The first kappa shape index (κ1) is 15.5. The summed E-state index contributed by atoms with van der Waals surface area (Å²) in [6.45, 7) is 8.43. The third-order valence-electron chi connectivity index (χ3n) is 2.97. The van der Waals surface area contributed by atoms with Crippen LogP contribution < -0.4 is 16.0 Å². The lowest BCUT2D eigenvalue weighted by Crippen LogP contribution is -2.38. The van der Waals surface area contributed by atoms with Crippen LogP contribution >= 0.6 is 0 Å². The molecule has 0 aromatic heterocycles. The lowest BCUT2D eigenvalue weighted by Gasteiger charge is -2.27. The number of nitrogens with one attached hydrogen (secondary N) is 1. The van der Waals surface area contributed by atoms with Crippen LogP contribution in [0.3, 0.4) is 0 Å². The van der Waals surface area contributed by atoms with Crippen molar-refractivity contribution in [3.05, 3.63) is 29.8 Å². The third-order valence-corrected chi connectivity index (χ3v) is 2.97. The van der Waals surface area contributed by atoms with Crippen molar-refractivity contribution in [3.8, 4) is 0 Å². The number of amides is 1. The second-order valence-electron chi connectivity index (χ2n) is 5.03. The molecule has 0 spiro atoms. The Labute approximate surface area is 116 Å². The average molecular weight is 263 g/mol. The lowest BCUT2D eigenvalue weighted by atomic mass is 10.1. The standard InChI is InChI=1S/C15H25N3O/c1-4-9-17-10-13-5-7-14(8-6-13)18(12(2)3)11-15(16)19/h5-8,12,17H,4,9-11H2,1-3H3,(H2,16,19). The molecule has 0 radical (unpaired) electrons. The number of nitrogens with zero attached hydrogens (tertiary/aromatic N) is 1. The first-order chi connectivity index (χ1) is 9.04. The lowest BCUT2D eigenvalue weighted by molar-refractivity contribution is -0.116. The molecule has 0 heterocycles. The van der Waals surface area contributed by atoms with Crippen LogP contribution in [-0.4, -0.2) is 25.0 Å². The van der Waals surface area contributed by atoms with Crippen molar-refractivity contribution < 1.29 is 4.79 Å². The van der Waals surface area contributed by atoms with Gasteiger partial charge in [-0.05, 0) is 44.5 Å². The molecule has 1 rings (SSSR count). The van der Waals surface area contributed by atoms with Gasteiger partial charge in [0, 0.05) is 18.3 Å². The Kier molecular flexibility index (Phi) is 6.36. The molecule has 0 saturated heterocycles. The molecule has 0 aliphatic rings. The van der Waals surface area contributed by atoms with Crippen LogP contribution in [0, 0.1) is 0 Å². The number of primary amides is 1. The number of hydrogen-bond acceptors (Lipinski definition) is 3. The van der Waals surface area contributed by atoms with Gasteiger partial charge >= 0.3 is 0 Å². The predicted molar refractivity (Wildman–Crippen MR) is 80.1 cm³/mol. The zero-order valence-corrected chi connectivity index (χ0v) is 12.1. The summed E-state index contributed by atoms with van der Waals surface area (Å²) in [5, 5.41) is 3.37. The topological polar surface area (TPSA) is 58.4 Å². The van der Waals surface area contributed by atoms with E-state index in [1.54, 1.807) is 0 Å². The summed E-state index contributed by atoms with van der Waals surface area (Å²) in [4.78, 5) is 13.1. The van der Waals surface area contributed by atoms with Crippen LogP contribution in [0.2, 0.25) is 0 Å². The minimum absolute atomic E-state index is 0.247. The van der Waals surface area contributed by atoms with Crippen LogP contribution in [0.5, 0.6) is 0 Å². The Hall–Kier alpha value is -1.55. The summed E-state index contributed by atoms with van der Waals surface area (Å²) in [5.41, 5.74) is 7.57. The quantitative estimate of drug-likeness (QED) is 0.704. The molecule has 1 amide bonds. The van der Waals surface area contributed by atoms with E-state index in [0.717, 1.165) is 25.2 Å². The molecule has 0 fully saturated rings. The van der Waals surface area contributed by atoms with Crippen molar-refractivity contribution in [2.75, 3.05) is 18.0 Å². The summed E-state index contributed by atoms with van der Waals surface area (Å²) in [5.74, 6) is -0.303. The maximum Gasteiger partial charge on any atom is 0.236 e. The van der Waals surface area contributed by atoms with Crippen LogP contribution in [0.4, 0.5) is 5.69 Å². The summed E-state index contributed by atoms with van der Waals surface area (Å²) in [7, 11) is 0. The number of carbonyl (C=O) groups is 1. The number of anilines is 1. The fourth-order valence-corrected chi connectivity index (χ4v) is 1.95. The average Bonchev–Trinajstić information content (AvgIpc) is 2.37. The van der Waals surface area contributed by atoms with Crippen LogP contribution in [0.15, 0.2) is 24.3 Å². The maximum atomic E-state index is 11.1. The van der Waals surface area contributed by atoms with Gasteiger partial charge in [-0.3, -0.25) is 4.79 Å². The predicted octanol–water partition coefficient (Wildman–Crippen LogP) is 1.89. The van der Waals surface area contributed by atoms with Crippen LogP contribution in [-0.2, 0) is 11.3 Å². The van der Waals surface area contributed by atoms with Crippen LogP contribution in [0.1, 0.15) is 32.8 Å². The highest BCUT2D eigenvalue weighted by molar-refractivity contribution is 5.79. The minimum atomic E-state index is -0.303. The van der Waals surface area contributed by atoms with Gasteiger partial charge in [-0.15, -0.1) is 0 Å². The van der Waals surface area contributed by atoms with Gasteiger partial charge in [-0.25, -0.2) is 0 Å². The maximum absolute atomic E-state index is 11.1. The smallest absolute Gasteiger partial charge is 0.236 e. The van der Waals surface area contributed by atoms with E-state index in [-0.39, 0.29) is 18.5 Å². The van der Waals surface area contributed by atoms with Gasteiger partial charge in [0.1, 0.15) is 0 Å². The molecular weight excluding hydrogens is 238 g/mol. The fourth-order valence-electron chi connectivity index (χ4n) is 1.95. The Bertz CT molecular complexity index is 387. The SMILES string of the molecule is CCCNCc1ccc(N(CC(N)=O)C(C)C)cc1. The molecular formula is C15H25N3O. The van der Waals surface area contributed by atoms with E-state index in [0.29, 0.717) is 0 Å². The largest absolute Gasteiger partial charge is 0.368 e. The van der Waals surface area contributed by atoms with Crippen molar-refractivity contribution in [3.63, 3.8) is 0 Å². The van der Waals surface area contributed by atoms with Gasteiger partial charge in [0.2, 0.25) is 5.91 Å². The number of carbonyl (C=O) groups excluding carboxylic acids is 1. The number of nitrogens with two attached hydrogens (primary N) is 1. The first-order valence-corrected chi connectivity index (χ1v) is 6.89. The van der Waals surface area contributed by atoms with Gasteiger partial charge in [0.15, 0.2) is 0 Å². The van der Waals surface area contributed by atoms with Gasteiger partial charge in [0.05, 0.1) is 6.54 Å². The van der Waals surface area contributed by atoms with Crippen molar-refractivity contribution >= 4 is 11.6 Å². The fraction of sp³-hybridized carbons (Fsp3) is 0.533. The second-order valence-corrected chi connectivity index (χ2v) is 5.03. The van der Waals surface area contributed by atoms with Gasteiger partial charge < -0.3 is 16.0 Å². The zero-order valence-electron chi connectivity index (χ0n) is 12.1. The molecule has 0 unspecified atom stereocenters. The monoisotopic (exact) mass is 263 g/mol. The molecule has 0 bridgehead atoms. The number of rotatable bonds is 8. The summed E-state index contributed by atoms with van der Waals surface area (Å²) in [6.07, 6.45) is 1.14. The van der Waals surface area contributed by atoms with Crippen molar-refractivity contribution in [2.24, 2.45) is 5.73 Å².